The van der Waals surface area contributed by atoms with Crippen LogP contribution in [0.4, 0.5) is 4.79 Å². The molecule has 1 heterocycles. The molecule has 1 aromatic rings. The van der Waals surface area contributed by atoms with Crippen molar-refractivity contribution in [2.75, 3.05) is 6.26 Å². The highest BCUT2D eigenvalue weighted by Gasteiger charge is 2.27. The lowest BCUT2D eigenvalue weighted by molar-refractivity contribution is -0.123. The molecule has 1 saturated heterocycles. The van der Waals surface area contributed by atoms with E-state index < -0.39 is 17.8 Å². The Hall–Kier alpha value is -2.08. The van der Waals surface area contributed by atoms with Crippen LogP contribution in [0.1, 0.15) is 5.56 Å². The Morgan fingerprint density at radius 3 is 2.06 bits per heavy atom. The van der Waals surface area contributed by atoms with Gasteiger partial charge in [0, 0.05) is 4.90 Å². The van der Waals surface area contributed by atoms with Gasteiger partial charge in [-0.15, -0.1) is 11.8 Å². The van der Waals surface area contributed by atoms with Crippen LogP contribution in [0, 0.1) is 0 Å². The summed E-state index contributed by atoms with van der Waals surface area (Å²) in [6.45, 7) is 0. The molecule has 0 spiro atoms. The van der Waals surface area contributed by atoms with E-state index in [4.69, 9.17) is 0 Å². The Balaban J connectivity index is 2.28. The first-order chi connectivity index (χ1) is 8.60. The number of carbonyl (C=O) groups excluding carboxylic acids is 3. The summed E-state index contributed by atoms with van der Waals surface area (Å²) in [6, 6.07) is 6.59. The van der Waals surface area contributed by atoms with Crippen LogP contribution in [0.5, 0.6) is 0 Å². The minimum absolute atomic E-state index is 0.0773. The molecule has 5 nitrogen and oxygen atoms in total. The summed E-state index contributed by atoms with van der Waals surface area (Å²) >= 11 is 1.60. The number of amides is 4. The number of imide groups is 2. The van der Waals surface area contributed by atoms with Gasteiger partial charge in [0.15, 0.2) is 0 Å². The highest BCUT2D eigenvalue weighted by Crippen LogP contribution is 2.17. The van der Waals surface area contributed by atoms with Crippen LogP contribution in [0.3, 0.4) is 0 Å². The number of rotatable bonds is 2. The van der Waals surface area contributed by atoms with E-state index in [9.17, 15) is 14.4 Å². The van der Waals surface area contributed by atoms with Crippen LogP contribution in [-0.4, -0.2) is 24.1 Å². The van der Waals surface area contributed by atoms with E-state index in [0.717, 1.165) is 10.5 Å². The van der Waals surface area contributed by atoms with Crippen molar-refractivity contribution in [1.29, 1.82) is 0 Å². The Morgan fingerprint density at radius 1 is 1.00 bits per heavy atom. The molecule has 1 aliphatic rings. The van der Waals surface area contributed by atoms with Crippen LogP contribution in [0.15, 0.2) is 34.7 Å². The maximum absolute atomic E-state index is 11.5. The summed E-state index contributed by atoms with van der Waals surface area (Å²) in [7, 11) is 0. The fourth-order valence-electron chi connectivity index (χ4n) is 1.47. The van der Waals surface area contributed by atoms with Crippen molar-refractivity contribution < 1.29 is 14.4 Å². The van der Waals surface area contributed by atoms with E-state index in [1.807, 2.05) is 29.0 Å². The molecule has 1 aliphatic heterocycles. The first kappa shape index (κ1) is 12.4. The fourth-order valence-corrected chi connectivity index (χ4v) is 1.88. The number of hydrogen-bond acceptors (Lipinski definition) is 4. The molecular formula is C12H10N2O3S. The highest BCUT2D eigenvalue weighted by atomic mass is 32.2. The van der Waals surface area contributed by atoms with Gasteiger partial charge in [0.1, 0.15) is 5.57 Å². The van der Waals surface area contributed by atoms with Crippen molar-refractivity contribution in [3.63, 3.8) is 0 Å². The highest BCUT2D eigenvalue weighted by molar-refractivity contribution is 7.98. The summed E-state index contributed by atoms with van der Waals surface area (Å²) in [6.07, 6.45) is 3.41. The van der Waals surface area contributed by atoms with Crippen molar-refractivity contribution in [3.8, 4) is 0 Å². The summed E-state index contributed by atoms with van der Waals surface area (Å²) in [5.74, 6) is -1.37. The third kappa shape index (κ3) is 2.60. The van der Waals surface area contributed by atoms with Gasteiger partial charge in [-0.2, -0.15) is 0 Å². The van der Waals surface area contributed by atoms with Crippen LogP contribution < -0.4 is 10.6 Å². The number of carbonyl (C=O) groups is 3. The van der Waals surface area contributed by atoms with E-state index >= 15 is 0 Å². The van der Waals surface area contributed by atoms with Gasteiger partial charge in [-0.3, -0.25) is 20.2 Å². The Morgan fingerprint density at radius 2 is 1.56 bits per heavy atom. The lowest BCUT2D eigenvalue weighted by Crippen LogP contribution is -2.51. The third-order valence-corrected chi connectivity index (χ3v) is 3.11. The molecule has 1 fully saturated rings. The van der Waals surface area contributed by atoms with Gasteiger partial charge in [0.05, 0.1) is 0 Å². The number of urea groups is 1. The molecule has 92 valence electrons. The Kier molecular flexibility index (Phi) is 3.47. The van der Waals surface area contributed by atoms with Crippen molar-refractivity contribution in [2.45, 2.75) is 4.90 Å². The molecule has 2 rings (SSSR count). The molecule has 0 bridgehead atoms. The van der Waals surface area contributed by atoms with E-state index in [1.54, 1.807) is 23.9 Å². The molecule has 2 N–H and O–H groups in total. The monoisotopic (exact) mass is 262 g/mol. The van der Waals surface area contributed by atoms with Crippen LogP contribution >= 0.6 is 11.8 Å². The number of benzene rings is 1. The van der Waals surface area contributed by atoms with Gasteiger partial charge in [-0.05, 0) is 30.0 Å². The lowest BCUT2D eigenvalue weighted by Gasteiger charge is -2.13. The maximum atomic E-state index is 11.5. The van der Waals surface area contributed by atoms with Gasteiger partial charge in [-0.25, -0.2) is 4.79 Å². The van der Waals surface area contributed by atoms with E-state index in [-0.39, 0.29) is 5.57 Å². The van der Waals surface area contributed by atoms with Gasteiger partial charge < -0.3 is 0 Å². The minimum Gasteiger partial charge on any atom is -0.273 e. The second-order valence-electron chi connectivity index (χ2n) is 3.57. The predicted octanol–water partition coefficient (Wildman–Crippen LogP) is 1.16. The average molecular weight is 262 g/mol. The van der Waals surface area contributed by atoms with Gasteiger partial charge >= 0.3 is 6.03 Å². The second kappa shape index (κ2) is 5.05. The van der Waals surface area contributed by atoms with Crippen molar-refractivity contribution in [3.05, 3.63) is 35.4 Å². The second-order valence-corrected chi connectivity index (χ2v) is 4.45. The fraction of sp³-hybridized carbons (Fsp3) is 0.0833. The molecule has 4 amide bonds. The van der Waals surface area contributed by atoms with Crippen LogP contribution in [0.2, 0.25) is 0 Å². The van der Waals surface area contributed by atoms with E-state index in [2.05, 4.69) is 0 Å². The number of nitrogens with one attached hydrogen (secondary N) is 2. The Bertz CT molecular complexity index is 527. The van der Waals surface area contributed by atoms with Crippen molar-refractivity contribution >= 4 is 35.7 Å². The zero-order chi connectivity index (χ0) is 13.1. The summed E-state index contributed by atoms with van der Waals surface area (Å²) < 4.78 is 0. The molecule has 18 heavy (non-hydrogen) atoms. The largest absolute Gasteiger partial charge is 0.328 e. The first-order valence-electron chi connectivity index (χ1n) is 5.12. The molecule has 0 saturated carbocycles. The van der Waals surface area contributed by atoms with Crippen molar-refractivity contribution in [2.24, 2.45) is 0 Å². The molecular weight excluding hydrogens is 252 g/mol. The van der Waals surface area contributed by atoms with Gasteiger partial charge in [0.25, 0.3) is 11.8 Å². The zero-order valence-electron chi connectivity index (χ0n) is 9.52. The van der Waals surface area contributed by atoms with Crippen LogP contribution in [-0.2, 0) is 9.59 Å². The molecule has 0 unspecified atom stereocenters. The smallest absolute Gasteiger partial charge is 0.273 e. The van der Waals surface area contributed by atoms with E-state index in [1.165, 1.54) is 6.08 Å². The standard InChI is InChI=1S/C12H10N2O3S/c1-18-8-4-2-7(3-5-8)6-9-10(15)13-12(17)14-11(9)16/h2-6H,1H3,(H2,13,14,15,16,17). The molecule has 0 atom stereocenters. The molecule has 0 radical (unpaired) electrons. The third-order valence-electron chi connectivity index (χ3n) is 2.37. The number of barbiturate groups is 1. The molecule has 0 aliphatic carbocycles. The quantitative estimate of drug-likeness (QED) is 0.476. The number of thioether (sulfide) groups is 1. The van der Waals surface area contributed by atoms with Gasteiger partial charge in [0.2, 0.25) is 0 Å². The van der Waals surface area contributed by atoms with Crippen molar-refractivity contribution in [1.82, 2.24) is 10.6 Å². The predicted molar refractivity (Wildman–Crippen MR) is 67.9 cm³/mol. The average Bonchev–Trinajstić information content (AvgIpc) is 2.34. The Labute approximate surface area is 108 Å². The zero-order valence-corrected chi connectivity index (χ0v) is 10.3. The first-order valence-corrected chi connectivity index (χ1v) is 6.35. The summed E-state index contributed by atoms with van der Waals surface area (Å²) in [5, 5.41) is 4.04. The lowest BCUT2D eigenvalue weighted by atomic mass is 10.1. The summed E-state index contributed by atoms with van der Waals surface area (Å²) in [4.78, 5) is 34.9. The SMILES string of the molecule is CSc1ccc(C=C2C(=O)NC(=O)NC2=O)cc1. The van der Waals surface area contributed by atoms with Gasteiger partial charge in [-0.1, -0.05) is 12.1 Å². The molecule has 1 aromatic carbocycles. The van der Waals surface area contributed by atoms with E-state index in [0.29, 0.717) is 0 Å². The maximum Gasteiger partial charge on any atom is 0.328 e. The number of hydrogen-bond donors (Lipinski definition) is 2. The summed E-state index contributed by atoms with van der Waals surface area (Å²) in [5.41, 5.74) is 0.647. The molecule has 0 aromatic heterocycles. The topological polar surface area (TPSA) is 75.3 Å². The molecule has 6 heteroatoms. The normalized spacial score (nSPS) is 15.2. The van der Waals surface area contributed by atoms with Crippen LogP contribution in [0.25, 0.3) is 6.08 Å². The minimum atomic E-state index is -0.792.